The minimum absolute atomic E-state index is 0.408. The first-order valence-electron chi connectivity index (χ1n) is 7.76. The van der Waals surface area contributed by atoms with Gasteiger partial charge in [0.05, 0.1) is 6.10 Å². The monoisotopic (exact) mass is 277 g/mol. The van der Waals surface area contributed by atoms with E-state index < -0.39 is 0 Å². The van der Waals surface area contributed by atoms with Crippen molar-refractivity contribution in [3.8, 4) is 0 Å². The summed E-state index contributed by atoms with van der Waals surface area (Å²) in [5, 5.41) is 3.60. The van der Waals surface area contributed by atoms with Gasteiger partial charge in [0.1, 0.15) is 0 Å². The summed E-state index contributed by atoms with van der Waals surface area (Å²) in [6.45, 7) is 9.52. The van der Waals surface area contributed by atoms with Crippen molar-refractivity contribution < 1.29 is 4.74 Å². The number of nitrogens with one attached hydrogen (secondary N) is 1. The third kappa shape index (κ3) is 4.85. The Morgan fingerprint density at radius 2 is 2.25 bits per heavy atom. The topological polar surface area (TPSA) is 37.4 Å². The van der Waals surface area contributed by atoms with E-state index in [4.69, 9.17) is 4.74 Å². The predicted molar refractivity (Wildman–Crippen MR) is 81.6 cm³/mol. The molecule has 0 saturated carbocycles. The number of ether oxygens (including phenoxy) is 1. The van der Waals surface area contributed by atoms with Gasteiger partial charge in [-0.15, -0.1) is 0 Å². The highest BCUT2D eigenvalue weighted by atomic mass is 16.5. The molecule has 0 bridgehead atoms. The highest BCUT2D eigenvalue weighted by Crippen LogP contribution is 2.15. The lowest BCUT2D eigenvalue weighted by atomic mass is 10.1. The van der Waals surface area contributed by atoms with Crippen molar-refractivity contribution >= 4 is 0 Å². The average molecular weight is 277 g/mol. The summed E-state index contributed by atoms with van der Waals surface area (Å²) >= 11 is 0. The lowest BCUT2D eigenvalue weighted by Crippen LogP contribution is -2.41. The van der Waals surface area contributed by atoms with E-state index in [1.54, 1.807) is 0 Å². The lowest BCUT2D eigenvalue weighted by molar-refractivity contribution is 0.0826. The molecular weight excluding hydrogens is 250 g/mol. The molecule has 4 nitrogen and oxygen atoms in total. The number of aromatic nitrogens is 1. The van der Waals surface area contributed by atoms with Gasteiger partial charge in [-0.05, 0) is 44.0 Å². The van der Waals surface area contributed by atoms with E-state index in [1.807, 2.05) is 12.4 Å². The summed E-state index contributed by atoms with van der Waals surface area (Å²) in [4.78, 5) is 6.51. The maximum atomic E-state index is 5.71. The summed E-state index contributed by atoms with van der Waals surface area (Å²) < 4.78 is 5.71. The molecule has 0 radical (unpaired) electrons. The molecule has 0 amide bonds. The van der Waals surface area contributed by atoms with Crippen molar-refractivity contribution in [3.05, 3.63) is 30.1 Å². The molecule has 2 rings (SSSR count). The zero-order valence-electron chi connectivity index (χ0n) is 12.7. The molecule has 1 aliphatic rings. The molecule has 1 aromatic heterocycles. The maximum absolute atomic E-state index is 5.71. The highest BCUT2D eigenvalue weighted by Gasteiger charge is 2.21. The molecule has 20 heavy (non-hydrogen) atoms. The minimum Gasteiger partial charge on any atom is -0.377 e. The lowest BCUT2D eigenvalue weighted by Gasteiger charge is -2.24. The summed E-state index contributed by atoms with van der Waals surface area (Å²) in [6, 6.07) is 4.63. The fourth-order valence-electron chi connectivity index (χ4n) is 2.67. The van der Waals surface area contributed by atoms with Gasteiger partial charge in [0, 0.05) is 44.7 Å². The van der Waals surface area contributed by atoms with Gasteiger partial charge in [0.2, 0.25) is 0 Å². The van der Waals surface area contributed by atoms with Crippen LogP contribution in [0.1, 0.15) is 32.3 Å². The van der Waals surface area contributed by atoms with E-state index in [-0.39, 0.29) is 0 Å². The van der Waals surface area contributed by atoms with Crippen LogP contribution < -0.4 is 5.32 Å². The zero-order chi connectivity index (χ0) is 14.2. The van der Waals surface area contributed by atoms with Crippen LogP contribution in [0.3, 0.4) is 0 Å². The zero-order valence-corrected chi connectivity index (χ0v) is 12.7. The van der Waals surface area contributed by atoms with Crippen molar-refractivity contribution in [1.29, 1.82) is 0 Å². The predicted octanol–water partition coefficient (Wildman–Crippen LogP) is 2.06. The molecular formula is C16H27N3O. The Balaban J connectivity index is 1.68. The van der Waals surface area contributed by atoms with Crippen LogP contribution in [-0.4, -0.2) is 48.3 Å². The molecule has 2 heterocycles. The van der Waals surface area contributed by atoms with Crippen LogP contribution in [-0.2, 0) is 11.3 Å². The Hall–Kier alpha value is -0.970. The minimum atomic E-state index is 0.408. The van der Waals surface area contributed by atoms with Gasteiger partial charge < -0.3 is 10.1 Å². The van der Waals surface area contributed by atoms with E-state index in [0.29, 0.717) is 12.1 Å². The summed E-state index contributed by atoms with van der Waals surface area (Å²) in [6.07, 6.45) is 6.54. The fraction of sp³-hybridized carbons (Fsp3) is 0.688. The van der Waals surface area contributed by atoms with Crippen LogP contribution in [0, 0.1) is 0 Å². The molecule has 112 valence electrons. The largest absolute Gasteiger partial charge is 0.377 e. The van der Waals surface area contributed by atoms with Crippen molar-refractivity contribution in [3.63, 3.8) is 0 Å². The van der Waals surface area contributed by atoms with Crippen LogP contribution in [0.5, 0.6) is 0 Å². The number of hydrogen-bond donors (Lipinski definition) is 1. The van der Waals surface area contributed by atoms with Crippen LogP contribution in [0.4, 0.5) is 0 Å². The molecule has 0 aromatic carbocycles. The van der Waals surface area contributed by atoms with Crippen molar-refractivity contribution in [2.45, 2.75) is 45.4 Å². The van der Waals surface area contributed by atoms with E-state index in [0.717, 1.165) is 32.8 Å². The van der Waals surface area contributed by atoms with Crippen LogP contribution >= 0.6 is 0 Å². The number of rotatable bonds is 8. The highest BCUT2D eigenvalue weighted by molar-refractivity contribution is 5.09. The number of nitrogens with zero attached hydrogens (tertiary/aromatic N) is 2. The first-order valence-corrected chi connectivity index (χ1v) is 7.76. The van der Waals surface area contributed by atoms with Crippen LogP contribution in [0.25, 0.3) is 0 Å². The fourth-order valence-corrected chi connectivity index (χ4v) is 2.67. The second-order valence-corrected chi connectivity index (χ2v) is 5.52. The summed E-state index contributed by atoms with van der Waals surface area (Å²) in [5.41, 5.74) is 1.33. The smallest absolute Gasteiger partial charge is 0.0726 e. The van der Waals surface area contributed by atoms with Gasteiger partial charge in [-0.25, -0.2) is 0 Å². The van der Waals surface area contributed by atoms with E-state index >= 15 is 0 Å². The molecule has 2 atom stereocenters. The first kappa shape index (κ1) is 15.4. The second-order valence-electron chi connectivity index (χ2n) is 5.52. The number of hydrogen-bond acceptors (Lipinski definition) is 4. The summed E-state index contributed by atoms with van der Waals surface area (Å²) in [5.74, 6) is 0. The molecule has 1 aliphatic heterocycles. The number of pyridine rings is 1. The Morgan fingerprint density at radius 1 is 1.45 bits per heavy atom. The Kier molecular flexibility index (Phi) is 6.43. The van der Waals surface area contributed by atoms with Crippen molar-refractivity contribution in [1.82, 2.24) is 15.2 Å². The quantitative estimate of drug-likeness (QED) is 0.789. The number of likely N-dealkylation sites (N-methyl/N-ethyl adjacent to an activating group) is 1. The normalized spacial score (nSPS) is 20.4. The third-order valence-corrected chi connectivity index (χ3v) is 4.02. The van der Waals surface area contributed by atoms with E-state index in [2.05, 4.69) is 41.2 Å². The van der Waals surface area contributed by atoms with Crippen LogP contribution in [0.15, 0.2) is 24.5 Å². The average Bonchev–Trinajstić information content (AvgIpc) is 3.01. The molecule has 2 unspecified atom stereocenters. The van der Waals surface area contributed by atoms with Crippen molar-refractivity contribution in [2.75, 3.05) is 26.2 Å². The van der Waals surface area contributed by atoms with E-state index in [9.17, 15) is 0 Å². The molecule has 1 saturated heterocycles. The third-order valence-electron chi connectivity index (χ3n) is 4.02. The SMILES string of the molecule is CCN(CCNC(C)C1CCCO1)Cc1ccncc1. The van der Waals surface area contributed by atoms with Gasteiger partial charge in [0.15, 0.2) is 0 Å². The molecule has 1 N–H and O–H groups in total. The molecule has 1 fully saturated rings. The molecule has 1 aromatic rings. The van der Waals surface area contributed by atoms with Gasteiger partial charge in [-0.3, -0.25) is 9.88 Å². The van der Waals surface area contributed by atoms with Gasteiger partial charge in [-0.1, -0.05) is 6.92 Å². The molecule has 0 aliphatic carbocycles. The Labute approximate surface area is 122 Å². The Morgan fingerprint density at radius 3 is 2.90 bits per heavy atom. The van der Waals surface area contributed by atoms with Crippen LogP contribution in [0.2, 0.25) is 0 Å². The first-order chi connectivity index (χ1) is 9.79. The second kappa shape index (κ2) is 8.35. The van der Waals surface area contributed by atoms with Gasteiger partial charge >= 0.3 is 0 Å². The van der Waals surface area contributed by atoms with E-state index in [1.165, 1.54) is 18.4 Å². The van der Waals surface area contributed by atoms with Crippen molar-refractivity contribution in [2.24, 2.45) is 0 Å². The molecule has 4 heteroatoms. The van der Waals surface area contributed by atoms with Gasteiger partial charge in [-0.2, -0.15) is 0 Å². The molecule has 0 spiro atoms. The van der Waals surface area contributed by atoms with Gasteiger partial charge in [0.25, 0.3) is 0 Å². The maximum Gasteiger partial charge on any atom is 0.0726 e. The Bertz CT molecular complexity index is 365. The standard InChI is InChI=1S/C16H27N3O/c1-3-19(13-15-6-8-17-9-7-15)11-10-18-14(2)16-5-4-12-20-16/h6-9,14,16,18H,3-5,10-13H2,1-2H3. The summed E-state index contributed by atoms with van der Waals surface area (Å²) in [7, 11) is 0.